The minimum absolute atomic E-state index is 0.132. The van der Waals surface area contributed by atoms with Crippen LogP contribution in [0.1, 0.15) is 12.0 Å². The highest BCUT2D eigenvalue weighted by atomic mass is 32.2. The number of carbonyl (C=O) groups excluding carboxylic acids is 1. The quantitative estimate of drug-likeness (QED) is 0.681. The van der Waals surface area contributed by atoms with Gasteiger partial charge in [0.2, 0.25) is 15.7 Å². The molecule has 5 rings (SSSR count). The Labute approximate surface area is 170 Å². The SMILES string of the molecule is COC1(OC)C[C@H]2C(=O)N(Cc3ccccc3)[C@H]1C=C2S(=O)(=O)c1ccccc1. The van der Waals surface area contributed by atoms with Crippen LogP contribution >= 0.6 is 0 Å². The van der Waals surface area contributed by atoms with Crippen LogP contribution in [0.15, 0.2) is 76.5 Å². The van der Waals surface area contributed by atoms with Crippen LogP contribution in [0.25, 0.3) is 0 Å². The Morgan fingerprint density at radius 3 is 2.17 bits per heavy atom. The van der Waals surface area contributed by atoms with Crippen molar-refractivity contribution in [2.75, 3.05) is 14.2 Å². The van der Waals surface area contributed by atoms with Crippen LogP contribution in [-0.2, 0) is 30.7 Å². The van der Waals surface area contributed by atoms with E-state index in [1.165, 1.54) is 14.2 Å². The fourth-order valence-corrected chi connectivity index (χ4v) is 5.89. The monoisotopic (exact) mass is 413 g/mol. The molecule has 2 heterocycles. The molecule has 1 fully saturated rings. The molecule has 1 saturated heterocycles. The van der Waals surface area contributed by atoms with Crippen LogP contribution in [0.3, 0.4) is 0 Å². The summed E-state index contributed by atoms with van der Waals surface area (Å²) in [5, 5.41) is 0. The minimum atomic E-state index is -3.79. The lowest BCUT2D eigenvalue weighted by atomic mass is 9.79. The second-order valence-corrected chi connectivity index (χ2v) is 9.21. The predicted molar refractivity (Wildman–Crippen MR) is 107 cm³/mol. The van der Waals surface area contributed by atoms with Crippen LogP contribution in [0.5, 0.6) is 0 Å². The Bertz CT molecular complexity index is 1030. The molecule has 152 valence electrons. The van der Waals surface area contributed by atoms with Gasteiger partial charge in [0.15, 0.2) is 5.79 Å². The van der Waals surface area contributed by atoms with Crippen LogP contribution in [0.2, 0.25) is 0 Å². The number of fused-ring (bicyclic) bond motifs is 2. The van der Waals surface area contributed by atoms with Crippen molar-refractivity contribution in [1.82, 2.24) is 4.90 Å². The summed E-state index contributed by atoms with van der Waals surface area (Å²) in [7, 11) is -0.741. The van der Waals surface area contributed by atoms with Crippen molar-refractivity contribution >= 4 is 15.7 Å². The van der Waals surface area contributed by atoms with Crippen LogP contribution in [0, 0.1) is 5.92 Å². The number of nitrogens with zero attached hydrogens (tertiary/aromatic N) is 1. The molecule has 1 aliphatic carbocycles. The third kappa shape index (κ3) is 3.19. The molecule has 6 nitrogen and oxygen atoms in total. The largest absolute Gasteiger partial charge is 0.351 e. The Balaban J connectivity index is 1.80. The van der Waals surface area contributed by atoms with Gasteiger partial charge in [0.05, 0.1) is 15.7 Å². The Morgan fingerprint density at radius 1 is 1.00 bits per heavy atom. The number of methoxy groups -OCH3 is 2. The first-order valence-electron chi connectivity index (χ1n) is 9.39. The molecule has 2 bridgehead atoms. The van der Waals surface area contributed by atoms with Crippen molar-refractivity contribution < 1.29 is 22.7 Å². The fraction of sp³-hybridized carbons (Fsp3) is 0.318. The number of piperidine rings is 1. The van der Waals surface area contributed by atoms with Crippen molar-refractivity contribution in [3.8, 4) is 0 Å². The van der Waals surface area contributed by atoms with E-state index in [1.807, 2.05) is 30.3 Å². The second kappa shape index (κ2) is 7.40. The zero-order valence-corrected chi connectivity index (χ0v) is 17.1. The van der Waals surface area contributed by atoms with Gasteiger partial charge >= 0.3 is 0 Å². The van der Waals surface area contributed by atoms with Gasteiger partial charge < -0.3 is 14.4 Å². The van der Waals surface area contributed by atoms with Crippen molar-refractivity contribution in [1.29, 1.82) is 0 Å². The van der Waals surface area contributed by atoms with Gasteiger partial charge in [-0.2, -0.15) is 0 Å². The number of benzene rings is 2. The van der Waals surface area contributed by atoms with Gasteiger partial charge in [-0.25, -0.2) is 8.42 Å². The molecule has 0 unspecified atom stereocenters. The summed E-state index contributed by atoms with van der Waals surface area (Å²) in [6, 6.07) is 17.1. The lowest BCUT2D eigenvalue weighted by Gasteiger charge is -2.52. The number of rotatable bonds is 6. The Hall–Kier alpha value is -2.48. The zero-order valence-electron chi connectivity index (χ0n) is 16.3. The maximum atomic E-state index is 13.3. The molecule has 2 aromatic rings. The molecule has 2 atom stereocenters. The molecule has 2 aromatic carbocycles. The predicted octanol–water partition coefficient (Wildman–Crippen LogP) is 2.76. The Kier molecular flexibility index (Phi) is 5.06. The molecule has 0 radical (unpaired) electrons. The van der Waals surface area contributed by atoms with Gasteiger partial charge in [-0.05, 0) is 23.8 Å². The molecular weight excluding hydrogens is 390 g/mol. The summed E-state index contributed by atoms with van der Waals surface area (Å²) in [6.07, 6.45) is 1.79. The van der Waals surface area contributed by atoms with Crippen molar-refractivity contribution in [3.05, 3.63) is 77.2 Å². The topological polar surface area (TPSA) is 72.9 Å². The van der Waals surface area contributed by atoms with Gasteiger partial charge in [0, 0.05) is 27.2 Å². The van der Waals surface area contributed by atoms with Crippen LogP contribution in [0.4, 0.5) is 0 Å². The lowest BCUT2D eigenvalue weighted by Crippen LogP contribution is -2.65. The average Bonchev–Trinajstić information content (AvgIpc) is 2.77. The van der Waals surface area contributed by atoms with Gasteiger partial charge in [0.1, 0.15) is 6.04 Å². The van der Waals surface area contributed by atoms with E-state index < -0.39 is 27.6 Å². The van der Waals surface area contributed by atoms with Crippen molar-refractivity contribution in [2.45, 2.75) is 29.7 Å². The second-order valence-electron chi connectivity index (χ2n) is 7.26. The van der Waals surface area contributed by atoms with Gasteiger partial charge in [0.25, 0.3) is 0 Å². The standard InChI is InChI=1S/C22H23NO5S/c1-27-22(28-2)14-18-19(29(25,26)17-11-7-4-8-12-17)13-20(22)23(21(18)24)15-16-9-5-3-6-10-16/h3-13,18,20H,14-15H2,1-2H3/t18-,20+/m1/s1. The molecule has 7 heteroatoms. The number of sulfone groups is 1. The maximum Gasteiger partial charge on any atom is 0.232 e. The normalized spacial score (nSPS) is 23.2. The first-order chi connectivity index (χ1) is 13.9. The molecule has 0 N–H and O–H groups in total. The molecule has 0 aromatic heterocycles. The minimum Gasteiger partial charge on any atom is -0.351 e. The third-order valence-corrected chi connectivity index (χ3v) is 7.71. The average molecular weight is 413 g/mol. The van der Waals surface area contributed by atoms with E-state index in [4.69, 9.17) is 9.47 Å². The number of ether oxygens (including phenoxy) is 2. The van der Waals surface area contributed by atoms with E-state index in [9.17, 15) is 13.2 Å². The first kappa shape index (κ1) is 19.8. The molecule has 0 spiro atoms. The van der Waals surface area contributed by atoms with E-state index in [0.29, 0.717) is 6.54 Å². The Morgan fingerprint density at radius 2 is 1.59 bits per heavy atom. The highest BCUT2D eigenvalue weighted by molar-refractivity contribution is 7.95. The number of hydrogen-bond acceptors (Lipinski definition) is 5. The molecule has 29 heavy (non-hydrogen) atoms. The van der Waals surface area contributed by atoms with Crippen LogP contribution in [-0.4, -0.2) is 45.3 Å². The number of amides is 1. The summed E-state index contributed by atoms with van der Waals surface area (Å²) in [6.45, 7) is 0.352. The van der Waals surface area contributed by atoms with Crippen molar-refractivity contribution in [2.24, 2.45) is 5.92 Å². The first-order valence-corrected chi connectivity index (χ1v) is 10.9. The molecule has 3 aliphatic rings. The molecule has 2 aliphatic heterocycles. The summed E-state index contributed by atoms with van der Waals surface area (Å²) < 4.78 is 37.9. The van der Waals surface area contributed by atoms with Crippen LogP contribution < -0.4 is 0 Å². The van der Waals surface area contributed by atoms with E-state index in [1.54, 1.807) is 41.3 Å². The van der Waals surface area contributed by atoms with E-state index in [2.05, 4.69) is 0 Å². The van der Waals surface area contributed by atoms with Gasteiger partial charge in [-0.15, -0.1) is 0 Å². The zero-order chi connectivity index (χ0) is 20.6. The highest BCUT2D eigenvalue weighted by Gasteiger charge is 2.58. The van der Waals surface area contributed by atoms with Gasteiger partial charge in [-0.1, -0.05) is 48.5 Å². The van der Waals surface area contributed by atoms with E-state index in [0.717, 1.165) is 5.56 Å². The third-order valence-electron chi connectivity index (χ3n) is 5.77. The van der Waals surface area contributed by atoms with E-state index >= 15 is 0 Å². The highest BCUT2D eigenvalue weighted by Crippen LogP contribution is 2.47. The van der Waals surface area contributed by atoms with Crippen molar-refractivity contribution in [3.63, 3.8) is 0 Å². The summed E-state index contributed by atoms with van der Waals surface area (Å²) in [5.74, 6) is -2.15. The molecule has 1 amide bonds. The van der Waals surface area contributed by atoms with Gasteiger partial charge in [-0.3, -0.25) is 4.79 Å². The summed E-state index contributed by atoms with van der Waals surface area (Å²) >= 11 is 0. The summed E-state index contributed by atoms with van der Waals surface area (Å²) in [5.41, 5.74) is 0.954. The summed E-state index contributed by atoms with van der Waals surface area (Å²) in [4.78, 5) is 15.3. The molecule has 0 saturated carbocycles. The number of carbonyl (C=O) groups is 1. The smallest absolute Gasteiger partial charge is 0.232 e. The lowest BCUT2D eigenvalue weighted by molar-refractivity contribution is -0.258. The molecular formula is C22H23NO5S. The fourth-order valence-electron chi connectivity index (χ4n) is 4.24. The number of hydrogen-bond donors (Lipinski definition) is 0. The maximum absolute atomic E-state index is 13.3. The van der Waals surface area contributed by atoms with E-state index in [-0.39, 0.29) is 22.1 Å².